The molecular weight excluding hydrogens is 400 g/mol. The van der Waals surface area contributed by atoms with Crippen LogP contribution in [0.5, 0.6) is 0 Å². The Hall–Kier alpha value is -1.89. The number of carbonyl (C=O) groups excluding carboxylic acids is 1. The number of hydrogen-bond acceptors (Lipinski definition) is 4. The molecular formula is C23H31ClN4O2. The predicted octanol–water partition coefficient (Wildman–Crippen LogP) is 3.86. The maximum Gasteiger partial charge on any atom is 0.254 e. The largest absolute Gasteiger partial charge is 0.373 e. The van der Waals surface area contributed by atoms with Crippen LogP contribution in [-0.2, 0) is 4.74 Å². The Morgan fingerprint density at radius 2 is 1.83 bits per heavy atom. The fraction of sp³-hybridized carbons (Fsp3) is 0.565. The van der Waals surface area contributed by atoms with Crippen molar-refractivity contribution in [1.29, 1.82) is 0 Å². The van der Waals surface area contributed by atoms with Crippen LogP contribution >= 0.6 is 11.6 Å². The average molecular weight is 431 g/mol. The molecule has 2 aliphatic heterocycles. The normalized spacial score (nSPS) is 25.1. The molecule has 0 saturated carbocycles. The predicted molar refractivity (Wildman–Crippen MR) is 119 cm³/mol. The molecule has 3 unspecified atom stereocenters. The summed E-state index contributed by atoms with van der Waals surface area (Å²) < 4.78 is 7.68. The number of aryl methyl sites for hydroxylation is 1. The van der Waals surface area contributed by atoms with Crippen LogP contribution in [0.4, 0.5) is 0 Å². The number of ether oxygens (including phenoxy) is 1. The zero-order chi connectivity index (χ0) is 21.4. The Morgan fingerprint density at radius 3 is 2.43 bits per heavy atom. The van der Waals surface area contributed by atoms with Crippen molar-refractivity contribution in [3.63, 3.8) is 0 Å². The van der Waals surface area contributed by atoms with E-state index in [1.54, 1.807) is 0 Å². The minimum atomic E-state index is 0.116. The third-order valence-electron chi connectivity index (χ3n) is 6.16. The van der Waals surface area contributed by atoms with Crippen molar-refractivity contribution in [2.75, 3.05) is 26.2 Å². The first-order valence-corrected chi connectivity index (χ1v) is 11.2. The molecule has 7 heteroatoms. The summed E-state index contributed by atoms with van der Waals surface area (Å²) in [5, 5.41) is 5.18. The zero-order valence-corrected chi connectivity index (χ0v) is 19.0. The van der Waals surface area contributed by atoms with Crippen molar-refractivity contribution in [1.82, 2.24) is 19.6 Å². The van der Waals surface area contributed by atoms with Gasteiger partial charge in [-0.2, -0.15) is 5.10 Å². The first-order chi connectivity index (χ1) is 14.3. The quantitative estimate of drug-likeness (QED) is 0.739. The number of rotatable bonds is 4. The molecule has 0 spiro atoms. The molecule has 0 bridgehead atoms. The van der Waals surface area contributed by atoms with Gasteiger partial charge < -0.3 is 9.64 Å². The second-order valence-corrected chi connectivity index (χ2v) is 9.09. The summed E-state index contributed by atoms with van der Waals surface area (Å²) in [6, 6.07) is 7.95. The smallest absolute Gasteiger partial charge is 0.254 e. The van der Waals surface area contributed by atoms with Gasteiger partial charge in [0.2, 0.25) is 0 Å². The fourth-order valence-corrected chi connectivity index (χ4v) is 4.93. The van der Waals surface area contributed by atoms with E-state index in [4.69, 9.17) is 16.3 Å². The van der Waals surface area contributed by atoms with Crippen LogP contribution in [0.2, 0.25) is 5.02 Å². The molecule has 0 radical (unpaired) electrons. The highest BCUT2D eigenvalue weighted by Gasteiger charge is 2.32. The van der Waals surface area contributed by atoms with E-state index in [-0.39, 0.29) is 24.2 Å². The van der Waals surface area contributed by atoms with Gasteiger partial charge in [0.15, 0.2) is 0 Å². The first kappa shape index (κ1) is 21.3. The zero-order valence-electron chi connectivity index (χ0n) is 18.3. The highest BCUT2D eigenvalue weighted by Crippen LogP contribution is 2.25. The number of nitrogens with zero attached hydrogens (tertiary/aromatic N) is 4. The molecule has 1 aromatic carbocycles. The Labute approximate surface area is 183 Å². The van der Waals surface area contributed by atoms with Gasteiger partial charge in [0.05, 0.1) is 34.3 Å². The van der Waals surface area contributed by atoms with E-state index in [1.165, 1.54) is 0 Å². The molecule has 3 heterocycles. The molecule has 2 fully saturated rings. The third-order valence-corrected chi connectivity index (χ3v) is 6.71. The van der Waals surface area contributed by atoms with E-state index in [0.29, 0.717) is 5.02 Å². The molecule has 30 heavy (non-hydrogen) atoms. The minimum absolute atomic E-state index is 0.116. The summed E-state index contributed by atoms with van der Waals surface area (Å²) >= 11 is 6.27. The van der Waals surface area contributed by atoms with Gasteiger partial charge >= 0.3 is 0 Å². The van der Waals surface area contributed by atoms with E-state index < -0.39 is 0 Å². The molecule has 2 aromatic rings. The molecule has 162 valence electrons. The lowest BCUT2D eigenvalue weighted by Crippen LogP contribution is -2.50. The number of aromatic nitrogens is 2. The van der Waals surface area contributed by atoms with Crippen LogP contribution in [0.3, 0.4) is 0 Å². The Kier molecular flexibility index (Phi) is 6.19. The van der Waals surface area contributed by atoms with Crippen molar-refractivity contribution < 1.29 is 9.53 Å². The molecule has 4 rings (SSSR count). The Bertz CT molecular complexity index is 901. The number of amides is 1. The number of carbonyl (C=O) groups is 1. The lowest BCUT2D eigenvalue weighted by atomic mass is 10.1. The van der Waals surface area contributed by atoms with Gasteiger partial charge in [-0.05, 0) is 64.8 Å². The SMILES string of the molecule is Cc1nn(-c2ccc(C(=O)N3CCCC3CN3CC(C)OC(C)C3)cc2)c(C)c1Cl. The van der Waals surface area contributed by atoms with Crippen LogP contribution in [0.15, 0.2) is 24.3 Å². The topological polar surface area (TPSA) is 50.6 Å². The number of hydrogen-bond donors (Lipinski definition) is 0. The standard InChI is InChI=1S/C23H31ClN4O2/c1-15-12-26(13-16(2)30-15)14-21-6-5-11-27(21)23(29)19-7-9-20(10-8-19)28-18(4)22(24)17(3)25-28/h7-10,15-16,21H,5-6,11-14H2,1-4H3. The lowest BCUT2D eigenvalue weighted by molar-refractivity contribution is -0.0715. The summed E-state index contributed by atoms with van der Waals surface area (Å²) in [5.41, 5.74) is 3.35. The van der Waals surface area contributed by atoms with Gasteiger partial charge in [-0.3, -0.25) is 9.69 Å². The second-order valence-electron chi connectivity index (χ2n) is 8.71. The fourth-order valence-electron chi connectivity index (χ4n) is 4.81. The van der Waals surface area contributed by atoms with Crippen molar-refractivity contribution in [2.24, 2.45) is 0 Å². The van der Waals surface area contributed by atoms with Crippen LogP contribution in [-0.4, -0.2) is 69.9 Å². The van der Waals surface area contributed by atoms with Gasteiger partial charge in [0, 0.05) is 37.8 Å². The monoisotopic (exact) mass is 430 g/mol. The summed E-state index contributed by atoms with van der Waals surface area (Å²) in [7, 11) is 0. The summed E-state index contributed by atoms with van der Waals surface area (Å²) in [4.78, 5) is 17.7. The lowest BCUT2D eigenvalue weighted by Gasteiger charge is -2.38. The van der Waals surface area contributed by atoms with Gasteiger partial charge in [-0.15, -0.1) is 0 Å². The minimum Gasteiger partial charge on any atom is -0.373 e. The molecule has 0 N–H and O–H groups in total. The van der Waals surface area contributed by atoms with Crippen molar-refractivity contribution in [3.8, 4) is 5.69 Å². The highest BCUT2D eigenvalue weighted by molar-refractivity contribution is 6.31. The molecule has 1 aromatic heterocycles. The van der Waals surface area contributed by atoms with Gasteiger partial charge in [0.1, 0.15) is 0 Å². The molecule has 2 saturated heterocycles. The summed E-state index contributed by atoms with van der Waals surface area (Å²) in [6.45, 7) is 11.7. The van der Waals surface area contributed by atoms with Crippen molar-refractivity contribution in [2.45, 2.75) is 58.8 Å². The number of benzene rings is 1. The maximum atomic E-state index is 13.2. The van der Waals surface area contributed by atoms with Gasteiger partial charge in [0.25, 0.3) is 5.91 Å². The molecule has 2 aliphatic rings. The van der Waals surface area contributed by atoms with E-state index in [2.05, 4.69) is 28.7 Å². The maximum absolute atomic E-state index is 13.2. The van der Waals surface area contributed by atoms with Gasteiger partial charge in [-0.25, -0.2) is 4.68 Å². The van der Waals surface area contributed by atoms with Crippen molar-refractivity contribution >= 4 is 17.5 Å². The Morgan fingerprint density at radius 1 is 1.17 bits per heavy atom. The van der Waals surface area contributed by atoms with Crippen LogP contribution in [0.25, 0.3) is 5.69 Å². The summed E-state index contributed by atoms with van der Waals surface area (Å²) in [6.07, 6.45) is 2.62. The van der Waals surface area contributed by atoms with E-state index in [0.717, 1.165) is 61.7 Å². The summed E-state index contributed by atoms with van der Waals surface area (Å²) in [5.74, 6) is 0.116. The van der Waals surface area contributed by atoms with Crippen molar-refractivity contribution in [3.05, 3.63) is 46.2 Å². The average Bonchev–Trinajstić information content (AvgIpc) is 3.27. The van der Waals surface area contributed by atoms with Crippen LogP contribution in [0.1, 0.15) is 48.4 Å². The number of halogens is 1. The van der Waals surface area contributed by atoms with Crippen LogP contribution < -0.4 is 0 Å². The van der Waals surface area contributed by atoms with E-state index in [9.17, 15) is 4.79 Å². The van der Waals surface area contributed by atoms with Gasteiger partial charge in [-0.1, -0.05) is 11.6 Å². The second kappa shape index (κ2) is 8.69. The van der Waals surface area contributed by atoms with Crippen LogP contribution in [0, 0.1) is 13.8 Å². The molecule has 3 atom stereocenters. The third kappa shape index (κ3) is 4.27. The van der Waals surface area contributed by atoms with E-state index >= 15 is 0 Å². The van der Waals surface area contributed by atoms with E-state index in [1.807, 2.05) is 42.8 Å². The number of morpholine rings is 1. The molecule has 6 nitrogen and oxygen atoms in total. The Balaban J connectivity index is 1.46. The number of likely N-dealkylation sites (tertiary alicyclic amines) is 1. The molecule has 1 amide bonds. The highest BCUT2D eigenvalue weighted by atomic mass is 35.5. The molecule has 0 aliphatic carbocycles. The first-order valence-electron chi connectivity index (χ1n) is 10.8.